The van der Waals surface area contributed by atoms with Crippen molar-refractivity contribution in [3.8, 4) is 0 Å². The summed E-state index contributed by atoms with van der Waals surface area (Å²) in [7, 11) is 1.68. The molecule has 7 nitrogen and oxygen atoms in total. The molecule has 1 saturated heterocycles. The van der Waals surface area contributed by atoms with E-state index in [0.717, 1.165) is 12.1 Å². The Morgan fingerprint density at radius 1 is 1.16 bits per heavy atom. The van der Waals surface area contributed by atoms with Gasteiger partial charge in [0.15, 0.2) is 0 Å². The van der Waals surface area contributed by atoms with Crippen molar-refractivity contribution >= 4 is 17.3 Å². The van der Waals surface area contributed by atoms with Gasteiger partial charge in [-0.1, -0.05) is 6.07 Å². The maximum absolute atomic E-state index is 12.8. The van der Waals surface area contributed by atoms with Crippen LogP contribution in [0.4, 0.5) is 30.5 Å². The predicted octanol–water partition coefficient (Wildman–Crippen LogP) is 2.67. The molecule has 10 heteroatoms. The first kappa shape index (κ1) is 17.1. The second-order valence-electron chi connectivity index (χ2n) is 5.78. The van der Waals surface area contributed by atoms with E-state index >= 15 is 0 Å². The fourth-order valence-electron chi connectivity index (χ4n) is 2.96. The van der Waals surface area contributed by atoms with Gasteiger partial charge in [-0.15, -0.1) is 0 Å². The third-order valence-electron chi connectivity index (χ3n) is 4.18. The van der Waals surface area contributed by atoms with Crippen molar-refractivity contribution in [1.82, 2.24) is 9.55 Å². The maximum atomic E-state index is 12.8. The van der Waals surface area contributed by atoms with E-state index in [-0.39, 0.29) is 5.82 Å². The van der Waals surface area contributed by atoms with Gasteiger partial charge in [0.1, 0.15) is 0 Å². The summed E-state index contributed by atoms with van der Waals surface area (Å²) >= 11 is 0. The van der Waals surface area contributed by atoms with E-state index < -0.39 is 16.7 Å². The summed E-state index contributed by atoms with van der Waals surface area (Å²) in [6, 6.07) is 5.19. The van der Waals surface area contributed by atoms with Gasteiger partial charge in [-0.3, -0.25) is 4.57 Å². The van der Waals surface area contributed by atoms with Gasteiger partial charge in [0.25, 0.3) is 0 Å². The van der Waals surface area contributed by atoms with Crippen molar-refractivity contribution in [2.45, 2.75) is 6.18 Å². The lowest BCUT2D eigenvalue weighted by atomic mass is 10.1. The third kappa shape index (κ3) is 3.37. The lowest BCUT2D eigenvalue weighted by molar-refractivity contribution is -0.388. The van der Waals surface area contributed by atoms with Gasteiger partial charge in [0.05, 0.1) is 5.56 Å². The summed E-state index contributed by atoms with van der Waals surface area (Å²) in [5, 5.41) is 11.1. The number of hydrogen-bond donors (Lipinski definition) is 0. The number of nitrogens with zero attached hydrogens (tertiary/aromatic N) is 5. The predicted molar refractivity (Wildman–Crippen MR) is 85.7 cm³/mol. The Hall–Kier alpha value is -2.78. The quantitative estimate of drug-likeness (QED) is 0.626. The van der Waals surface area contributed by atoms with Gasteiger partial charge in [-0.2, -0.15) is 13.2 Å². The average molecular weight is 355 g/mol. The van der Waals surface area contributed by atoms with Crippen LogP contribution in [0.5, 0.6) is 0 Å². The zero-order chi connectivity index (χ0) is 18.2. The number of anilines is 2. The van der Waals surface area contributed by atoms with Crippen LogP contribution in [0.3, 0.4) is 0 Å². The molecule has 0 amide bonds. The summed E-state index contributed by atoms with van der Waals surface area (Å²) in [4.78, 5) is 18.0. The molecule has 2 aromatic rings. The fourth-order valence-corrected chi connectivity index (χ4v) is 2.96. The lowest BCUT2D eigenvalue weighted by Gasteiger charge is -2.36. The average Bonchev–Trinajstić information content (AvgIpc) is 2.96. The van der Waals surface area contributed by atoms with Crippen LogP contribution in [-0.4, -0.2) is 40.7 Å². The molecule has 1 fully saturated rings. The van der Waals surface area contributed by atoms with Crippen LogP contribution in [-0.2, 0) is 13.2 Å². The molecule has 134 valence electrons. The van der Waals surface area contributed by atoms with E-state index in [1.165, 1.54) is 12.4 Å². The van der Waals surface area contributed by atoms with E-state index in [9.17, 15) is 23.3 Å². The van der Waals surface area contributed by atoms with E-state index in [2.05, 4.69) is 4.98 Å². The molecule has 0 N–H and O–H groups in total. The second kappa shape index (κ2) is 6.26. The molecule has 25 heavy (non-hydrogen) atoms. The SMILES string of the molecule is Cn1cnc([N+](=O)[O-])c1N1CCN(c2cccc(C(F)(F)F)c2)CC1. The standard InChI is InChI=1S/C15H16F3N5O2/c1-20-10-19-13(23(24)25)14(20)22-7-5-21(6-8-22)12-4-2-3-11(9-12)15(16,17)18/h2-4,9-10H,5-8H2,1H3. The number of aryl methyl sites for hydroxylation is 1. The number of hydrogen-bond acceptors (Lipinski definition) is 5. The number of nitro groups is 1. The minimum absolute atomic E-state index is 0.213. The Bertz CT molecular complexity index is 782. The first-order valence-electron chi connectivity index (χ1n) is 7.60. The summed E-state index contributed by atoms with van der Waals surface area (Å²) < 4.78 is 40.1. The van der Waals surface area contributed by atoms with E-state index in [0.29, 0.717) is 37.7 Å². The molecule has 3 rings (SSSR count). The maximum Gasteiger partial charge on any atom is 0.416 e. The molecular formula is C15H16F3N5O2. The number of alkyl halides is 3. The zero-order valence-electron chi connectivity index (χ0n) is 13.4. The first-order chi connectivity index (χ1) is 11.8. The summed E-state index contributed by atoms with van der Waals surface area (Å²) in [6.07, 6.45) is -3.00. The summed E-state index contributed by atoms with van der Waals surface area (Å²) in [5.41, 5.74) is -0.191. The topological polar surface area (TPSA) is 67.4 Å². The highest BCUT2D eigenvalue weighted by Crippen LogP contribution is 2.32. The van der Waals surface area contributed by atoms with Crippen molar-refractivity contribution in [2.24, 2.45) is 7.05 Å². The molecule has 0 saturated carbocycles. The van der Waals surface area contributed by atoms with Crippen molar-refractivity contribution < 1.29 is 18.1 Å². The van der Waals surface area contributed by atoms with Crippen molar-refractivity contribution in [2.75, 3.05) is 36.0 Å². The number of imidazole rings is 1. The summed E-state index contributed by atoms with van der Waals surface area (Å²) in [6.45, 7) is 1.83. The van der Waals surface area contributed by atoms with Gasteiger partial charge < -0.3 is 19.9 Å². The fraction of sp³-hybridized carbons (Fsp3) is 0.400. The molecule has 1 aromatic heterocycles. The molecule has 0 aliphatic carbocycles. The Kier molecular flexibility index (Phi) is 4.27. The molecule has 1 aliphatic heterocycles. The van der Waals surface area contributed by atoms with Gasteiger partial charge in [0, 0.05) is 38.9 Å². The van der Waals surface area contributed by atoms with Crippen molar-refractivity contribution in [1.29, 1.82) is 0 Å². The number of halogens is 3. The highest BCUT2D eigenvalue weighted by molar-refractivity contribution is 5.57. The minimum atomic E-state index is -4.38. The Morgan fingerprint density at radius 3 is 2.40 bits per heavy atom. The molecule has 0 atom stereocenters. The Labute approximate surface area is 141 Å². The highest BCUT2D eigenvalue weighted by atomic mass is 19.4. The molecule has 2 heterocycles. The summed E-state index contributed by atoms with van der Waals surface area (Å²) in [5.74, 6) is 0.198. The smallest absolute Gasteiger partial charge is 0.368 e. The number of benzene rings is 1. The van der Waals surface area contributed by atoms with E-state index in [4.69, 9.17) is 0 Å². The van der Waals surface area contributed by atoms with E-state index in [1.807, 2.05) is 9.80 Å². The molecular weight excluding hydrogens is 339 g/mol. The van der Waals surface area contributed by atoms with Gasteiger partial charge in [-0.05, 0) is 28.1 Å². The molecule has 0 unspecified atom stereocenters. The Morgan fingerprint density at radius 2 is 1.80 bits per heavy atom. The van der Waals surface area contributed by atoms with Crippen LogP contribution < -0.4 is 9.80 Å². The monoisotopic (exact) mass is 355 g/mol. The van der Waals surface area contributed by atoms with Crippen LogP contribution in [0.2, 0.25) is 0 Å². The number of rotatable bonds is 3. The largest absolute Gasteiger partial charge is 0.416 e. The van der Waals surface area contributed by atoms with Gasteiger partial charge in [0.2, 0.25) is 12.1 Å². The Balaban J connectivity index is 1.75. The van der Waals surface area contributed by atoms with Crippen LogP contribution in [0.25, 0.3) is 0 Å². The van der Waals surface area contributed by atoms with Crippen LogP contribution in [0.1, 0.15) is 5.56 Å². The molecule has 0 bridgehead atoms. The minimum Gasteiger partial charge on any atom is -0.368 e. The van der Waals surface area contributed by atoms with Crippen molar-refractivity contribution in [3.05, 3.63) is 46.3 Å². The number of piperazine rings is 1. The normalized spacial score (nSPS) is 15.5. The van der Waals surface area contributed by atoms with Crippen LogP contribution in [0, 0.1) is 10.1 Å². The van der Waals surface area contributed by atoms with Gasteiger partial charge in [-0.25, -0.2) is 0 Å². The first-order valence-corrected chi connectivity index (χ1v) is 7.60. The molecule has 1 aromatic carbocycles. The lowest BCUT2D eigenvalue weighted by Crippen LogP contribution is -2.47. The highest BCUT2D eigenvalue weighted by Gasteiger charge is 2.32. The molecule has 0 radical (unpaired) electrons. The molecule has 0 spiro atoms. The molecule has 1 aliphatic rings. The van der Waals surface area contributed by atoms with Crippen LogP contribution in [0.15, 0.2) is 30.6 Å². The second-order valence-corrected chi connectivity index (χ2v) is 5.78. The van der Waals surface area contributed by atoms with Gasteiger partial charge >= 0.3 is 12.0 Å². The number of aromatic nitrogens is 2. The van der Waals surface area contributed by atoms with Crippen molar-refractivity contribution in [3.63, 3.8) is 0 Å². The van der Waals surface area contributed by atoms with E-state index in [1.54, 1.807) is 17.7 Å². The van der Waals surface area contributed by atoms with Crippen LogP contribution >= 0.6 is 0 Å². The zero-order valence-corrected chi connectivity index (χ0v) is 13.4. The third-order valence-corrected chi connectivity index (χ3v) is 4.18.